The number of carbonyl (C=O) groups excluding carboxylic acids is 1. The van der Waals surface area contributed by atoms with Gasteiger partial charge < -0.3 is 14.9 Å². The molecule has 0 amide bonds. The second-order valence-corrected chi connectivity index (χ2v) is 4.62. The molecule has 0 bridgehead atoms. The van der Waals surface area contributed by atoms with Crippen molar-refractivity contribution in [2.24, 2.45) is 0 Å². The third-order valence-corrected chi connectivity index (χ3v) is 2.92. The molecule has 5 nitrogen and oxygen atoms in total. The van der Waals surface area contributed by atoms with Crippen molar-refractivity contribution >= 4 is 11.9 Å². The first kappa shape index (κ1) is 16.0. The molecule has 0 heterocycles. The molecule has 0 fully saturated rings. The molecule has 1 aromatic carbocycles. The Hall–Kier alpha value is -2.04. The first-order valence-electron chi connectivity index (χ1n) is 6.81. The van der Waals surface area contributed by atoms with E-state index in [-0.39, 0.29) is 17.3 Å². The summed E-state index contributed by atoms with van der Waals surface area (Å²) in [5, 5.41) is 18.2. The van der Waals surface area contributed by atoms with Crippen LogP contribution in [0.15, 0.2) is 18.2 Å². The lowest BCUT2D eigenvalue weighted by atomic mass is 10.1. The van der Waals surface area contributed by atoms with Gasteiger partial charge in [-0.1, -0.05) is 32.6 Å². The van der Waals surface area contributed by atoms with Crippen molar-refractivity contribution in [2.45, 2.75) is 45.4 Å². The fourth-order valence-corrected chi connectivity index (χ4v) is 1.81. The summed E-state index contributed by atoms with van der Waals surface area (Å²) in [6.07, 6.45) is 5.52. The lowest BCUT2D eigenvalue weighted by Crippen LogP contribution is -2.08. The van der Waals surface area contributed by atoms with Crippen molar-refractivity contribution in [3.8, 4) is 11.5 Å². The number of ether oxygens (including phenoxy) is 1. The first-order chi connectivity index (χ1) is 9.54. The van der Waals surface area contributed by atoms with Crippen molar-refractivity contribution in [3.05, 3.63) is 23.8 Å². The lowest BCUT2D eigenvalue weighted by Gasteiger charge is -2.06. The highest BCUT2D eigenvalue weighted by Crippen LogP contribution is 2.24. The van der Waals surface area contributed by atoms with E-state index in [2.05, 4.69) is 6.92 Å². The quantitative estimate of drug-likeness (QED) is 0.433. The minimum absolute atomic E-state index is 0.158. The summed E-state index contributed by atoms with van der Waals surface area (Å²) >= 11 is 0. The third-order valence-electron chi connectivity index (χ3n) is 2.92. The molecule has 1 aromatic rings. The van der Waals surface area contributed by atoms with Gasteiger partial charge in [-0.25, -0.2) is 4.79 Å². The number of esters is 1. The number of aromatic carboxylic acids is 1. The van der Waals surface area contributed by atoms with Gasteiger partial charge in [-0.2, -0.15) is 0 Å². The zero-order valence-corrected chi connectivity index (χ0v) is 11.6. The van der Waals surface area contributed by atoms with Crippen LogP contribution in [0.1, 0.15) is 55.8 Å². The summed E-state index contributed by atoms with van der Waals surface area (Å²) in [5.41, 5.74) is -0.218. The molecular formula is C15H20O5. The predicted molar refractivity (Wildman–Crippen MR) is 74.1 cm³/mol. The molecule has 2 N–H and O–H groups in total. The highest BCUT2D eigenvalue weighted by Gasteiger charge is 2.12. The predicted octanol–water partition coefficient (Wildman–Crippen LogP) is 3.36. The van der Waals surface area contributed by atoms with Crippen LogP contribution >= 0.6 is 0 Å². The summed E-state index contributed by atoms with van der Waals surface area (Å²) in [6, 6.07) is 3.71. The van der Waals surface area contributed by atoms with Crippen LogP contribution in [0.3, 0.4) is 0 Å². The summed E-state index contributed by atoms with van der Waals surface area (Å²) in [5.74, 6) is -1.85. The van der Waals surface area contributed by atoms with E-state index in [1.807, 2.05) is 0 Å². The second kappa shape index (κ2) is 8.19. The summed E-state index contributed by atoms with van der Waals surface area (Å²) in [6.45, 7) is 2.13. The van der Waals surface area contributed by atoms with Gasteiger partial charge in [0.1, 0.15) is 17.1 Å². The van der Waals surface area contributed by atoms with Crippen molar-refractivity contribution in [2.75, 3.05) is 0 Å². The number of unbranched alkanes of at least 4 members (excludes halogenated alkanes) is 4. The highest BCUT2D eigenvalue weighted by molar-refractivity contribution is 5.91. The number of carbonyl (C=O) groups is 2. The Balaban J connectivity index is 2.42. The number of carboxylic acid groups (broad SMARTS) is 1. The molecule has 0 aliphatic carbocycles. The van der Waals surface area contributed by atoms with Gasteiger partial charge in [0.15, 0.2) is 0 Å². The fraction of sp³-hybridized carbons (Fsp3) is 0.467. The maximum atomic E-state index is 11.6. The van der Waals surface area contributed by atoms with Gasteiger partial charge in [-0.15, -0.1) is 0 Å². The van der Waals surface area contributed by atoms with E-state index >= 15 is 0 Å². The number of carboxylic acids is 1. The number of phenols is 1. The van der Waals surface area contributed by atoms with Crippen LogP contribution < -0.4 is 4.74 Å². The van der Waals surface area contributed by atoms with Crippen LogP contribution in [0.25, 0.3) is 0 Å². The monoisotopic (exact) mass is 280 g/mol. The Morgan fingerprint density at radius 3 is 2.45 bits per heavy atom. The molecule has 20 heavy (non-hydrogen) atoms. The van der Waals surface area contributed by atoms with Crippen LogP contribution in [0.4, 0.5) is 0 Å². The molecule has 5 heteroatoms. The van der Waals surface area contributed by atoms with Crippen molar-refractivity contribution < 1.29 is 24.5 Å². The van der Waals surface area contributed by atoms with Gasteiger partial charge in [0, 0.05) is 12.5 Å². The Bertz CT molecular complexity index is 467. The van der Waals surface area contributed by atoms with Gasteiger partial charge in [0.05, 0.1) is 0 Å². The molecule has 1 rings (SSSR count). The summed E-state index contributed by atoms with van der Waals surface area (Å²) in [7, 11) is 0. The van der Waals surface area contributed by atoms with Crippen LogP contribution in [0.2, 0.25) is 0 Å². The second-order valence-electron chi connectivity index (χ2n) is 4.62. The van der Waals surface area contributed by atoms with Crippen molar-refractivity contribution in [1.82, 2.24) is 0 Å². The zero-order valence-electron chi connectivity index (χ0n) is 11.6. The zero-order chi connectivity index (χ0) is 15.0. The Morgan fingerprint density at radius 2 is 1.85 bits per heavy atom. The Labute approximate surface area is 118 Å². The third kappa shape index (κ3) is 5.30. The van der Waals surface area contributed by atoms with Gasteiger partial charge in [0.2, 0.25) is 0 Å². The van der Waals surface area contributed by atoms with E-state index in [1.54, 1.807) is 0 Å². The lowest BCUT2D eigenvalue weighted by molar-refractivity contribution is -0.134. The van der Waals surface area contributed by atoms with Gasteiger partial charge in [-0.3, -0.25) is 4.79 Å². The van der Waals surface area contributed by atoms with Crippen LogP contribution in [-0.2, 0) is 4.79 Å². The molecule has 110 valence electrons. The average Bonchev–Trinajstić information content (AvgIpc) is 2.38. The molecule has 0 saturated carbocycles. The topological polar surface area (TPSA) is 83.8 Å². The van der Waals surface area contributed by atoms with Crippen molar-refractivity contribution in [3.63, 3.8) is 0 Å². The minimum atomic E-state index is -1.23. The van der Waals surface area contributed by atoms with E-state index < -0.39 is 11.7 Å². The molecule has 0 saturated heterocycles. The molecule has 0 aliphatic rings. The average molecular weight is 280 g/mol. The largest absolute Gasteiger partial charge is 0.507 e. The highest BCUT2D eigenvalue weighted by atomic mass is 16.5. The molecule has 0 atom stereocenters. The maximum absolute atomic E-state index is 11.6. The normalized spacial score (nSPS) is 10.2. The number of hydrogen-bond donors (Lipinski definition) is 2. The van der Waals surface area contributed by atoms with E-state index in [1.165, 1.54) is 18.6 Å². The minimum Gasteiger partial charge on any atom is -0.507 e. The fourth-order valence-electron chi connectivity index (χ4n) is 1.81. The standard InChI is InChI=1S/C15H20O5/c1-2-3-4-5-6-7-14(17)20-11-8-9-12(15(18)19)13(16)10-11/h8-10,16H,2-7H2,1H3,(H,18,19). The Morgan fingerprint density at radius 1 is 1.15 bits per heavy atom. The Kier molecular flexibility index (Phi) is 6.56. The number of hydrogen-bond acceptors (Lipinski definition) is 4. The van der Waals surface area contributed by atoms with E-state index in [0.29, 0.717) is 6.42 Å². The molecule has 0 radical (unpaired) electrons. The van der Waals surface area contributed by atoms with E-state index in [0.717, 1.165) is 31.7 Å². The van der Waals surface area contributed by atoms with E-state index in [4.69, 9.17) is 9.84 Å². The van der Waals surface area contributed by atoms with Gasteiger partial charge in [0.25, 0.3) is 0 Å². The number of aromatic hydroxyl groups is 1. The van der Waals surface area contributed by atoms with Crippen molar-refractivity contribution in [1.29, 1.82) is 0 Å². The molecular weight excluding hydrogens is 260 g/mol. The van der Waals surface area contributed by atoms with Gasteiger partial charge >= 0.3 is 11.9 Å². The first-order valence-corrected chi connectivity index (χ1v) is 6.81. The smallest absolute Gasteiger partial charge is 0.339 e. The van der Waals surface area contributed by atoms with Crippen LogP contribution in [-0.4, -0.2) is 22.2 Å². The molecule has 0 spiro atoms. The SMILES string of the molecule is CCCCCCCC(=O)Oc1ccc(C(=O)O)c(O)c1. The molecule has 0 unspecified atom stereocenters. The maximum Gasteiger partial charge on any atom is 0.339 e. The van der Waals surface area contributed by atoms with Gasteiger partial charge in [-0.05, 0) is 18.6 Å². The number of benzene rings is 1. The van der Waals surface area contributed by atoms with E-state index in [9.17, 15) is 14.7 Å². The van der Waals surface area contributed by atoms with Crippen LogP contribution in [0.5, 0.6) is 11.5 Å². The van der Waals surface area contributed by atoms with Crippen LogP contribution in [0, 0.1) is 0 Å². The number of rotatable bonds is 8. The molecule has 0 aromatic heterocycles. The summed E-state index contributed by atoms with van der Waals surface area (Å²) < 4.78 is 5.04. The molecule has 0 aliphatic heterocycles. The summed E-state index contributed by atoms with van der Waals surface area (Å²) in [4.78, 5) is 22.3.